The molecule has 88 valence electrons. The number of nitrogens with zero attached hydrogens (tertiary/aromatic N) is 3. The van der Waals surface area contributed by atoms with E-state index in [9.17, 15) is 4.39 Å². The van der Waals surface area contributed by atoms with Gasteiger partial charge in [0.2, 0.25) is 0 Å². The lowest BCUT2D eigenvalue weighted by atomic mass is 9.98. The summed E-state index contributed by atoms with van der Waals surface area (Å²) in [6, 6.07) is 1.95. The maximum atomic E-state index is 12.4. The van der Waals surface area contributed by atoms with Crippen LogP contribution in [-0.2, 0) is 6.54 Å². The summed E-state index contributed by atoms with van der Waals surface area (Å²) in [5, 5.41) is 0. The monoisotopic (exact) mass is 223 g/mol. The molecule has 1 aliphatic heterocycles. The van der Waals surface area contributed by atoms with E-state index in [2.05, 4.69) is 14.9 Å². The van der Waals surface area contributed by atoms with Crippen LogP contribution in [0.1, 0.15) is 24.4 Å². The minimum atomic E-state index is -0.166. The molecule has 3 nitrogen and oxygen atoms in total. The maximum Gasteiger partial charge on any atom is 0.125 e. The molecule has 0 saturated carbocycles. The number of aryl methyl sites for hydroxylation is 1. The van der Waals surface area contributed by atoms with Crippen molar-refractivity contribution in [1.29, 1.82) is 0 Å². The molecule has 1 aliphatic rings. The van der Waals surface area contributed by atoms with Crippen LogP contribution < -0.4 is 0 Å². The van der Waals surface area contributed by atoms with Crippen molar-refractivity contribution in [3.63, 3.8) is 0 Å². The van der Waals surface area contributed by atoms with Crippen molar-refractivity contribution in [2.45, 2.75) is 26.3 Å². The van der Waals surface area contributed by atoms with Gasteiger partial charge in [0, 0.05) is 12.7 Å². The van der Waals surface area contributed by atoms with Crippen molar-refractivity contribution in [3.8, 4) is 0 Å². The third-order valence-corrected chi connectivity index (χ3v) is 3.14. The summed E-state index contributed by atoms with van der Waals surface area (Å²) in [6.45, 7) is 4.57. The van der Waals surface area contributed by atoms with E-state index in [0.717, 1.165) is 44.0 Å². The standard InChI is InChI=1S/C12H18FN3/c1-10-14-5-2-12(15-10)9-16-6-3-11(8-13)4-7-16/h2,5,11H,3-4,6-9H2,1H3. The van der Waals surface area contributed by atoms with E-state index < -0.39 is 0 Å². The lowest BCUT2D eigenvalue weighted by molar-refractivity contribution is 0.158. The van der Waals surface area contributed by atoms with E-state index in [0.29, 0.717) is 0 Å². The molecule has 2 heterocycles. The van der Waals surface area contributed by atoms with Gasteiger partial charge in [0.15, 0.2) is 0 Å². The van der Waals surface area contributed by atoms with E-state index in [1.807, 2.05) is 13.0 Å². The number of hydrogen-bond acceptors (Lipinski definition) is 3. The summed E-state index contributed by atoms with van der Waals surface area (Å²) >= 11 is 0. The van der Waals surface area contributed by atoms with E-state index in [4.69, 9.17) is 0 Å². The molecule has 0 atom stereocenters. The average Bonchev–Trinajstić information content (AvgIpc) is 2.30. The van der Waals surface area contributed by atoms with Gasteiger partial charge in [-0.25, -0.2) is 9.97 Å². The van der Waals surface area contributed by atoms with Crippen LogP contribution in [0.4, 0.5) is 4.39 Å². The number of halogens is 1. The zero-order chi connectivity index (χ0) is 11.4. The van der Waals surface area contributed by atoms with Crippen LogP contribution in [0.2, 0.25) is 0 Å². The molecule has 2 rings (SSSR count). The Kier molecular flexibility index (Phi) is 3.83. The van der Waals surface area contributed by atoms with Gasteiger partial charge in [0.1, 0.15) is 5.82 Å². The molecular weight excluding hydrogens is 205 g/mol. The Morgan fingerprint density at radius 2 is 2.19 bits per heavy atom. The van der Waals surface area contributed by atoms with Crippen LogP contribution in [0.3, 0.4) is 0 Å². The van der Waals surface area contributed by atoms with Gasteiger partial charge in [-0.05, 0) is 44.8 Å². The van der Waals surface area contributed by atoms with Crippen molar-refractivity contribution in [1.82, 2.24) is 14.9 Å². The van der Waals surface area contributed by atoms with Crippen LogP contribution in [0.15, 0.2) is 12.3 Å². The van der Waals surface area contributed by atoms with Gasteiger partial charge in [-0.2, -0.15) is 0 Å². The summed E-state index contributed by atoms with van der Waals surface area (Å²) in [7, 11) is 0. The first-order valence-electron chi connectivity index (χ1n) is 5.85. The predicted molar refractivity (Wildman–Crippen MR) is 60.7 cm³/mol. The van der Waals surface area contributed by atoms with Crippen molar-refractivity contribution >= 4 is 0 Å². The van der Waals surface area contributed by atoms with Gasteiger partial charge in [0.05, 0.1) is 12.4 Å². The second kappa shape index (κ2) is 5.34. The Labute approximate surface area is 95.7 Å². The first-order chi connectivity index (χ1) is 7.78. The topological polar surface area (TPSA) is 29.0 Å². The lowest BCUT2D eigenvalue weighted by Gasteiger charge is -2.30. The lowest BCUT2D eigenvalue weighted by Crippen LogP contribution is -2.34. The van der Waals surface area contributed by atoms with Gasteiger partial charge in [-0.1, -0.05) is 0 Å². The highest BCUT2D eigenvalue weighted by Crippen LogP contribution is 2.18. The molecule has 0 aromatic carbocycles. The maximum absolute atomic E-state index is 12.4. The molecule has 1 saturated heterocycles. The summed E-state index contributed by atoms with van der Waals surface area (Å²) in [5.74, 6) is 1.10. The highest BCUT2D eigenvalue weighted by molar-refractivity contribution is 5.01. The Bertz CT molecular complexity index is 335. The molecule has 0 amide bonds. The molecule has 0 N–H and O–H groups in total. The van der Waals surface area contributed by atoms with Crippen molar-refractivity contribution < 1.29 is 4.39 Å². The molecule has 1 aromatic heterocycles. The third-order valence-electron chi connectivity index (χ3n) is 3.14. The molecular formula is C12H18FN3. The molecule has 16 heavy (non-hydrogen) atoms. The van der Waals surface area contributed by atoms with E-state index >= 15 is 0 Å². The quantitative estimate of drug-likeness (QED) is 0.784. The molecule has 0 spiro atoms. The summed E-state index contributed by atoms with van der Waals surface area (Å²) in [6.07, 6.45) is 3.74. The normalized spacial score (nSPS) is 18.9. The van der Waals surface area contributed by atoms with Crippen molar-refractivity contribution in [2.24, 2.45) is 5.92 Å². The van der Waals surface area contributed by atoms with Crippen LogP contribution in [0.25, 0.3) is 0 Å². The smallest absolute Gasteiger partial charge is 0.125 e. The Morgan fingerprint density at radius 1 is 1.44 bits per heavy atom. The second-order valence-electron chi connectivity index (χ2n) is 4.47. The zero-order valence-electron chi connectivity index (χ0n) is 9.69. The van der Waals surface area contributed by atoms with Crippen LogP contribution in [0.5, 0.6) is 0 Å². The Balaban J connectivity index is 1.87. The first-order valence-corrected chi connectivity index (χ1v) is 5.85. The van der Waals surface area contributed by atoms with Crippen LogP contribution >= 0.6 is 0 Å². The predicted octanol–water partition coefficient (Wildman–Crippen LogP) is 1.97. The van der Waals surface area contributed by atoms with Gasteiger partial charge in [-0.15, -0.1) is 0 Å². The SMILES string of the molecule is Cc1nccc(CN2CCC(CF)CC2)n1. The van der Waals surface area contributed by atoms with Gasteiger partial charge >= 0.3 is 0 Å². The minimum absolute atomic E-state index is 0.166. The van der Waals surface area contributed by atoms with Gasteiger partial charge in [-0.3, -0.25) is 9.29 Å². The molecule has 0 unspecified atom stereocenters. The number of alkyl halides is 1. The molecule has 0 aliphatic carbocycles. The zero-order valence-corrected chi connectivity index (χ0v) is 9.69. The highest BCUT2D eigenvalue weighted by atomic mass is 19.1. The fourth-order valence-corrected chi connectivity index (χ4v) is 2.12. The first kappa shape index (κ1) is 11.5. The highest BCUT2D eigenvalue weighted by Gasteiger charge is 2.19. The fraction of sp³-hybridized carbons (Fsp3) is 0.667. The van der Waals surface area contributed by atoms with E-state index in [-0.39, 0.29) is 12.6 Å². The fourth-order valence-electron chi connectivity index (χ4n) is 2.12. The van der Waals surface area contributed by atoms with Crippen molar-refractivity contribution in [2.75, 3.05) is 19.8 Å². The summed E-state index contributed by atoms with van der Waals surface area (Å²) in [4.78, 5) is 10.8. The molecule has 0 bridgehead atoms. The Hall–Kier alpha value is -1.03. The molecule has 0 radical (unpaired) electrons. The summed E-state index contributed by atoms with van der Waals surface area (Å²) in [5.41, 5.74) is 1.06. The number of piperidine rings is 1. The van der Waals surface area contributed by atoms with E-state index in [1.54, 1.807) is 6.20 Å². The number of rotatable bonds is 3. The number of hydrogen-bond donors (Lipinski definition) is 0. The minimum Gasteiger partial charge on any atom is -0.297 e. The molecule has 1 fully saturated rings. The average molecular weight is 223 g/mol. The Morgan fingerprint density at radius 3 is 2.81 bits per heavy atom. The largest absolute Gasteiger partial charge is 0.297 e. The molecule has 1 aromatic rings. The van der Waals surface area contributed by atoms with Gasteiger partial charge in [0.25, 0.3) is 0 Å². The molecule has 4 heteroatoms. The van der Waals surface area contributed by atoms with Gasteiger partial charge < -0.3 is 0 Å². The van der Waals surface area contributed by atoms with Crippen molar-refractivity contribution in [3.05, 3.63) is 23.8 Å². The van der Waals surface area contributed by atoms with Crippen LogP contribution in [0, 0.1) is 12.8 Å². The summed E-state index contributed by atoms with van der Waals surface area (Å²) < 4.78 is 12.4. The third kappa shape index (κ3) is 2.98. The number of aromatic nitrogens is 2. The van der Waals surface area contributed by atoms with E-state index in [1.165, 1.54) is 0 Å². The second-order valence-corrected chi connectivity index (χ2v) is 4.47. The number of likely N-dealkylation sites (tertiary alicyclic amines) is 1. The van der Waals surface area contributed by atoms with Crippen LogP contribution in [-0.4, -0.2) is 34.6 Å².